The number of aryl methyl sites for hydroxylation is 1. The van der Waals surface area contributed by atoms with Crippen molar-refractivity contribution in [3.63, 3.8) is 0 Å². The molecule has 2 N–H and O–H groups in total. The zero-order valence-electron chi connectivity index (χ0n) is 23.9. The predicted molar refractivity (Wildman–Crippen MR) is 169 cm³/mol. The summed E-state index contributed by atoms with van der Waals surface area (Å²) < 4.78 is 1.72. The molecule has 0 atom stereocenters. The maximum Gasteiger partial charge on any atom is 0.263 e. The van der Waals surface area contributed by atoms with Gasteiger partial charge in [0.25, 0.3) is 5.56 Å². The van der Waals surface area contributed by atoms with Crippen LogP contribution in [0.3, 0.4) is 0 Å². The molecule has 8 heteroatoms. The van der Waals surface area contributed by atoms with Gasteiger partial charge in [-0.2, -0.15) is 0 Å². The van der Waals surface area contributed by atoms with E-state index in [1.165, 1.54) is 30.7 Å². The van der Waals surface area contributed by atoms with E-state index in [0.717, 1.165) is 60.2 Å². The molecule has 7 nitrogen and oxygen atoms in total. The van der Waals surface area contributed by atoms with E-state index < -0.39 is 0 Å². The summed E-state index contributed by atoms with van der Waals surface area (Å²) >= 11 is 1.27. The number of rotatable bonds is 6. The number of hydrogen-bond acceptors (Lipinski definition) is 5. The summed E-state index contributed by atoms with van der Waals surface area (Å²) in [7, 11) is 0. The van der Waals surface area contributed by atoms with Gasteiger partial charge in [-0.25, -0.2) is 4.98 Å². The van der Waals surface area contributed by atoms with E-state index in [4.69, 9.17) is 4.98 Å². The molecule has 4 aromatic rings. The van der Waals surface area contributed by atoms with Crippen LogP contribution in [-0.4, -0.2) is 27.1 Å². The normalized spacial score (nSPS) is 15.0. The van der Waals surface area contributed by atoms with E-state index >= 15 is 0 Å². The molecule has 6 rings (SSSR count). The van der Waals surface area contributed by atoms with Gasteiger partial charge in [-0.3, -0.25) is 19.0 Å². The monoisotopic (exact) mass is 578 g/mol. The fraction of sp³-hybridized carbons (Fsp3) is 0.294. The Morgan fingerprint density at radius 2 is 1.64 bits per heavy atom. The molecule has 0 radical (unpaired) electrons. The first kappa shape index (κ1) is 28.0. The smallest absolute Gasteiger partial charge is 0.263 e. The fourth-order valence-electron chi connectivity index (χ4n) is 6.45. The van der Waals surface area contributed by atoms with E-state index in [0.29, 0.717) is 16.5 Å². The van der Waals surface area contributed by atoms with Crippen LogP contribution in [0.2, 0.25) is 0 Å². The molecule has 1 spiro atoms. The van der Waals surface area contributed by atoms with Gasteiger partial charge in [-0.1, -0.05) is 67.4 Å². The van der Waals surface area contributed by atoms with Gasteiger partial charge in [-0.15, -0.1) is 0 Å². The highest BCUT2D eigenvalue weighted by molar-refractivity contribution is 7.99. The minimum atomic E-state index is -0.221. The molecule has 1 aromatic heterocycles. The third-order valence-corrected chi connectivity index (χ3v) is 9.21. The Balaban J connectivity index is 1.39. The molecule has 1 saturated carbocycles. The van der Waals surface area contributed by atoms with Crippen molar-refractivity contribution >= 4 is 35.0 Å². The van der Waals surface area contributed by atoms with Crippen LogP contribution in [0.1, 0.15) is 55.7 Å². The highest BCUT2D eigenvalue weighted by atomic mass is 32.2. The highest BCUT2D eigenvalue weighted by Crippen LogP contribution is 2.49. The predicted octanol–water partition coefficient (Wildman–Crippen LogP) is 6.66. The van der Waals surface area contributed by atoms with Crippen LogP contribution in [0.25, 0.3) is 16.9 Å². The van der Waals surface area contributed by atoms with Crippen LogP contribution in [0.5, 0.6) is 0 Å². The lowest BCUT2D eigenvalue weighted by Crippen LogP contribution is -2.43. The number of fused-ring (bicyclic) bond motifs is 4. The molecule has 1 heterocycles. The summed E-state index contributed by atoms with van der Waals surface area (Å²) in [5.74, 6) is -0.284. The number of nitrogens with one attached hydrogen (secondary N) is 2. The van der Waals surface area contributed by atoms with Gasteiger partial charge in [0.05, 0.1) is 22.7 Å². The average Bonchev–Trinajstić information content (AvgIpc) is 2.97. The third-order valence-electron chi connectivity index (χ3n) is 8.28. The first-order valence-corrected chi connectivity index (χ1v) is 15.4. The summed E-state index contributed by atoms with van der Waals surface area (Å²) in [5.41, 5.74) is 6.69. The summed E-state index contributed by atoms with van der Waals surface area (Å²) in [5, 5.41) is 6.14. The van der Waals surface area contributed by atoms with Crippen LogP contribution in [0.4, 0.5) is 11.4 Å². The van der Waals surface area contributed by atoms with Crippen molar-refractivity contribution in [3.8, 4) is 16.9 Å². The largest absolute Gasteiger partial charge is 0.326 e. The van der Waals surface area contributed by atoms with Crippen LogP contribution < -0.4 is 16.2 Å². The fourth-order valence-corrected chi connectivity index (χ4v) is 7.25. The molecule has 1 fully saturated rings. The maximum absolute atomic E-state index is 14.7. The third kappa shape index (κ3) is 5.51. The molecule has 42 heavy (non-hydrogen) atoms. The Morgan fingerprint density at radius 3 is 2.36 bits per heavy atom. The van der Waals surface area contributed by atoms with E-state index in [2.05, 4.69) is 28.8 Å². The Labute approximate surface area is 249 Å². The van der Waals surface area contributed by atoms with Crippen molar-refractivity contribution in [1.82, 2.24) is 9.55 Å². The lowest BCUT2D eigenvalue weighted by Gasteiger charge is -2.42. The Bertz CT molecular complexity index is 1720. The van der Waals surface area contributed by atoms with Gasteiger partial charge in [0.15, 0.2) is 5.16 Å². The quantitative estimate of drug-likeness (QED) is 0.197. The van der Waals surface area contributed by atoms with Crippen LogP contribution >= 0.6 is 11.8 Å². The lowest BCUT2D eigenvalue weighted by atomic mass is 9.62. The highest BCUT2D eigenvalue weighted by Gasteiger charge is 2.43. The number of carbonyl (C=O) groups is 2. The second kappa shape index (κ2) is 11.6. The molecule has 2 aliphatic rings. The Kier molecular flexibility index (Phi) is 7.73. The van der Waals surface area contributed by atoms with Crippen molar-refractivity contribution in [2.24, 2.45) is 0 Å². The van der Waals surface area contributed by atoms with Crippen LogP contribution in [0.15, 0.2) is 82.7 Å². The first-order chi connectivity index (χ1) is 20.3. The molecule has 0 bridgehead atoms. The van der Waals surface area contributed by atoms with Crippen LogP contribution in [-0.2, 0) is 21.4 Å². The standard InChI is InChI=1S/C34H34N4O3S/c1-22-9-8-11-27(19-22)38-32(41)30-31(28-12-5-4-10-24(28)20-34(30)17-6-3-7-18-34)37-33(38)42-21-29(40)36-26-15-13-25(14-16-26)35-23(2)39/h4-5,8-16,19H,3,6-7,17-18,20-21H2,1-2H3,(H,35,39)(H,36,40). The minimum absolute atomic E-state index is 0.0292. The number of anilines is 2. The minimum Gasteiger partial charge on any atom is -0.326 e. The second-order valence-electron chi connectivity index (χ2n) is 11.4. The number of nitrogens with zero attached hydrogens (tertiary/aromatic N) is 2. The number of benzene rings is 3. The number of amides is 2. The van der Waals surface area contributed by atoms with Crippen molar-refractivity contribution in [2.45, 2.75) is 62.9 Å². The maximum atomic E-state index is 14.7. The molecular formula is C34H34N4O3S. The zero-order valence-corrected chi connectivity index (χ0v) is 24.7. The first-order valence-electron chi connectivity index (χ1n) is 14.5. The molecule has 214 valence electrons. The Hall–Kier alpha value is -4.17. The lowest BCUT2D eigenvalue weighted by molar-refractivity contribution is -0.114. The topological polar surface area (TPSA) is 93.1 Å². The average molecular weight is 579 g/mol. The molecule has 0 unspecified atom stereocenters. The summed E-state index contributed by atoms with van der Waals surface area (Å²) in [4.78, 5) is 44.2. The van der Waals surface area contributed by atoms with Crippen molar-refractivity contribution in [2.75, 3.05) is 16.4 Å². The van der Waals surface area contributed by atoms with E-state index in [1.807, 2.05) is 37.3 Å². The summed E-state index contributed by atoms with van der Waals surface area (Å²) in [6.45, 7) is 3.46. The Morgan fingerprint density at radius 1 is 0.929 bits per heavy atom. The SMILES string of the molecule is CC(=O)Nc1ccc(NC(=O)CSc2nc3c(c(=O)n2-c2cccc(C)c2)C2(CCCCC2)Cc2ccccc2-3)cc1. The molecule has 0 saturated heterocycles. The second-order valence-corrected chi connectivity index (χ2v) is 12.3. The van der Waals surface area contributed by atoms with Crippen LogP contribution in [0, 0.1) is 6.92 Å². The molecule has 2 aliphatic carbocycles. The number of hydrogen-bond donors (Lipinski definition) is 2. The van der Waals surface area contributed by atoms with Gasteiger partial charge < -0.3 is 10.6 Å². The van der Waals surface area contributed by atoms with Crippen molar-refractivity contribution in [1.29, 1.82) is 0 Å². The van der Waals surface area contributed by atoms with Gasteiger partial charge in [-0.05, 0) is 73.7 Å². The number of thioether (sulfide) groups is 1. The van der Waals surface area contributed by atoms with E-state index in [-0.39, 0.29) is 28.5 Å². The van der Waals surface area contributed by atoms with Gasteiger partial charge in [0, 0.05) is 29.3 Å². The molecular weight excluding hydrogens is 544 g/mol. The van der Waals surface area contributed by atoms with Gasteiger partial charge in [0.2, 0.25) is 11.8 Å². The molecule has 0 aliphatic heterocycles. The van der Waals surface area contributed by atoms with E-state index in [1.54, 1.807) is 28.8 Å². The summed E-state index contributed by atoms with van der Waals surface area (Å²) in [6.07, 6.45) is 6.22. The van der Waals surface area contributed by atoms with E-state index in [9.17, 15) is 14.4 Å². The van der Waals surface area contributed by atoms with Gasteiger partial charge >= 0.3 is 0 Å². The van der Waals surface area contributed by atoms with Crippen molar-refractivity contribution < 1.29 is 9.59 Å². The summed E-state index contributed by atoms with van der Waals surface area (Å²) in [6, 6.07) is 23.2. The van der Waals surface area contributed by atoms with Crippen molar-refractivity contribution in [3.05, 3.63) is 99.8 Å². The number of carbonyl (C=O) groups excluding carboxylic acids is 2. The molecule has 2 amide bonds. The zero-order chi connectivity index (χ0) is 29.3. The molecule has 3 aromatic carbocycles. The van der Waals surface area contributed by atoms with Gasteiger partial charge in [0.1, 0.15) is 0 Å². The number of aromatic nitrogens is 2.